The Morgan fingerprint density at radius 3 is 2.14 bits per heavy atom. The van der Waals surface area contributed by atoms with Crippen LogP contribution in [-0.4, -0.2) is 11.6 Å². The standard InChI is InChI=1S/C11H21O2.Y/c1-7-9(4)10(12)13-11(5,6)8(2)3;/h8H,7H2,1-6H3;/q-1;. The summed E-state index contributed by atoms with van der Waals surface area (Å²) < 4.78 is 5.38. The van der Waals surface area contributed by atoms with E-state index in [9.17, 15) is 4.79 Å². The van der Waals surface area contributed by atoms with Crippen molar-refractivity contribution in [3.05, 3.63) is 5.92 Å². The third-order valence-electron chi connectivity index (χ3n) is 2.62. The van der Waals surface area contributed by atoms with Gasteiger partial charge < -0.3 is 4.74 Å². The summed E-state index contributed by atoms with van der Waals surface area (Å²) in [5.41, 5.74) is -0.368. The van der Waals surface area contributed by atoms with Gasteiger partial charge in [-0.25, -0.2) is 0 Å². The van der Waals surface area contributed by atoms with Gasteiger partial charge in [-0.2, -0.15) is 13.3 Å². The van der Waals surface area contributed by atoms with E-state index in [-0.39, 0.29) is 44.3 Å². The largest absolute Gasteiger partial charge is 0.482 e. The van der Waals surface area contributed by atoms with Crippen LogP contribution in [0.1, 0.15) is 48.0 Å². The van der Waals surface area contributed by atoms with Crippen LogP contribution in [0.4, 0.5) is 0 Å². The molecule has 0 unspecified atom stereocenters. The van der Waals surface area contributed by atoms with Crippen LogP contribution in [0.25, 0.3) is 0 Å². The second-order valence-corrected chi connectivity index (χ2v) is 4.28. The molecule has 0 rings (SSSR count). The van der Waals surface area contributed by atoms with Gasteiger partial charge in [-0.3, -0.25) is 10.7 Å². The number of esters is 1. The number of ether oxygens (including phenoxy) is 1. The third-order valence-corrected chi connectivity index (χ3v) is 2.62. The van der Waals surface area contributed by atoms with Gasteiger partial charge in [-0.1, -0.05) is 20.8 Å². The van der Waals surface area contributed by atoms with Crippen LogP contribution in [-0.2, 0) is 42.2 Å². The Morgan fingerprint density at radius 1 is 1.43 bits per heavy atom. The van der Waals surface area contributed by atoms with Crippen LogP contribution in [0.3, 0.4) is 0 Å². The number of rotatable bonds is 4. The fourth-order valence-corrected chi connectivity index (χ4v) is 0.588. The van der Waals surface area contributed by atoms with Crippen molar-refractivity contribution < 1.29 is 42.2 Å². The molecule has 0 aromatic carbocycles. The smallest absolute Gasteiger partial charge is 0.170 e. The Hall–Kier alpha value is 0.444. The van der Waals surface area contributed by atoms with Crippen molar-refractivity contribution in [2.45, 2.75) is 53.6 Å². The van der Waals surface area contributed by atoms with Gasteiger partial charge in [0.05, 0.1) is 0 Å². The van der Waals surface area contributed by atoms with E-state index in [1.54, 1.807) is 0 Å². The van der Waals surface area contributed by atoms with Gasteiger partial charge in [0.15, 0.2) is 5.97 Å². The van der Waals surface area contributed by atoms with E-state index in [0.29, 0.717) is 5.92 Å². The van der Waals surface area contributed by atoms with Gasteiger partial charge in [-0.05, 0) is 19.8 Å². The average molecular weight is 274 g/mol. The summed E-state index contributed by atoms with van der Waals surface area (Å²) in [4.78, 5) is 11.4. The molecule has 3 heteroatoms. The van der Waals surface area contributed by atoms with Crippen molar-refractivity contribution in [3.8, 4) is 0 Å². The van der Waals surface area contributed by atoms with Crippen molar-refractivity contribution in [3.63, 3.8) is 0 Å². The molecule has 0 aromatic rings. The van der Waals surface area contributed by atoms with Gasteiger partial charge in [0.25, 0.3) is 0 Å². The predicted octanol–water partition coefficient (Wildman–Crippen LogP) is 2.97. The van der Waals surface area contributed by atoms with Gasteiger partial charge in [0, 0.05) is 32.7 Å². The predicted molar refractivity (Wildman–Crippen MR) is 54.2 cm³/mol. The fourth-order valence-electron chi connectivity index (χ4n) is 0.588. The second kappa shape index (κ2) is 6.84. The first-order valence-corrected chi connectivity index (χ1v) is 4.87. The molecule has 0 N–H and O–H groups in total. The van der Waals surface area contributed by atoms with Gasteiger partial charge >= 0.3 is 0 Å². The maximum absolute atomic E-state index is 11.4. The molecule has 0 spiro atoms. The Kier molecular flexibility index (Phi) is 8.24. The van der Waals surface area contributed by atoms with Crippen molar-refractivity contribution in [2.75, 3.05) is 0 Å². The topological polar surface area (TPSA) is 26.3 Å². The Morgan fingerprint density at radius 2 is 1.86 bits per heavy atom. The van der Waals surface area contributed by atoms with E-state index < -0.39 is 0 Å². The fraction of sp³-hybridized carbons (Fsp3) is 0.818. The van der Waals surface area contributed by atoms with Crippen molar-refractivity contribution in [1.29, 1.82) is 0 Å². The zero-order chi connectivity index (χ0) is 10.6. The minimum absolute atomic E-state index is 0. The van der Waals surface area contributed by atoms with Crippen LogP contribution < -0.4 is 0 Å². The Balaban J connectivity index is 0. The van der Waals surface area contributed by atoms with Crippen molar-refractivity contribution >= 4 is 5.97 Å². The number of hydrogen-bond donors (Lipinski definition) is 0. The van der Waals surface area contributed by atoms with E-state index in [4.69, 9.17) is 4.74 Å². The van der Waals surface area contributed by atoms with E-state index in [1.165, 1.54) is 0 Å². The molecule has 0 bridgehead atoms. The molecule has 0 aromatic heterocycles. The average Bonchev–Trinajstić information content (AvgIpc) is 2.01. The first-order valence-electron chi connectivity index (χ1n) is 4.87. The van der Waals surface area contributed by atoms with Crippen LogP contribution in [0.15, 0.2) is 0 Å². The first-order chi connectivity index (χ1) is 5.81. The summed E-state index contributed by atoms with van der Waals surface area (Å²) in [6.07, 6.45) is 0.757. The van der Waals surface area contributed by atoms with Crippen LogP contribution in [0.2, 0.25) is 0 Å². The summed E-state index contributed by atoms with van der Waals surface area (Å²) in [6.45, 7) is 11.8. The third kappa shape index (κ3) is 5.36. The van der Waals surface area contributed by atoms with Crippen LogP contribution in [0.5, 0.6) is 0 Å². The quantitative estimate of drug-likeness (QED) is 0.582. The molecule has 1 radical (unpaired) electrons. The van der Waals surface area contributed by atoms with Gasteiger partial charge in [0.1, 0.15) is 5.60 Å². The normalized spacial score (nSPS) is 10.8. The molecule has 0 amide bonds. The minimum atomic E-state index is -0.368. The van der Waals surface area contributed by atoms with Gasteiger partial charge in [0.2, 0.25) is 0 Å². The number of carbonyl (C=O) groups excluding carboxylic acids is 1. The van der Waals surface area contributed by atoms with Gasteiger partial charge in [-0.15, -0.1) is 0 Å². The maximum Gasteiger partial charge on any atom is 0.170 e. The molecule has 0 heterocycles. The molecule has 0 saturated carbocycles. The molecule has 0 atom stereocenters. The van der Waals surface area contributed by atoms with Crippen molar-refractivity contribution in [2.24, 2.45) is 5.92 Å². The molecule has 81 valence electrons. The van der Waals surface area contributed by atoms with Crippen LogP contribution in [0, 0.1) is 11.8 Å². The molecular formula is C11H21O2Y-. The zero-order valence-electron chi connectivity index (χ0n) is 10.2. The molecule has 0 saturated heterocycles. The second-order valence-electron chi connectivity index (χ2n) is 4.28. The minimum Gasteiger partial charge on any atom is -0.482 e. The zero-order valence-corrected chi connectivity index (χ0v) is 13.0. The van der Waals surface area contributed by atoms with E-state index in [1.807, 2.05) is 27.7 Å². The first kappa shape index (κ1) is 16.9. The molecular weight excluding hydrogens is 253 g/mol. The van der Waals surface area contributed by atoms with Crippen molar-refractivity contribution in [1.82, 2.24) is 0 Å². The summed E-state index contributed by atoms with van der Waals surface area (Å²) in [5.74, 6) is 0.955. The Labute approximate surface area is 113 Å². The summed E-state index contributed by atoms with van der Waals surface area (Å²) in [7, 11) is 0. The summed E-state index contributed by atoms with van der Waals surface area (Å²) in [6, 6.07) is 0. The monoisotopic (exact) mass is 274 g/mol. The Bertz CT molecular complexity index is 176. The molecule has 14 heavy (non-hydrogen) atoms. The van der Waals surface area contributed by atoms with E-state index in [2.05, 4.69) is 13.8 Å². The van der Waals surface area contributed by atoms with E-state index in [0.717, 1.165) is 12.3 Å². The summed E-state index contributed by atoms with van der Waals surface area (Å²) >= 11 is 0. The molecule has 0 fully saturated rings. The SMILES string of the molecule is CC[C-](C)C(=O)OC(C)(C)C(C)C.[Y]. The maximum atomic E-state index is 11.4. The number of carbonyl (C=O) groups is 1. The number of hydrogen-bond acceptors (Lipinski definition) is 2. The van der Waals surface area contributed by atoms with Crippen LogP contribution >= 0.6 is 0 Å². The summed E-state index contributed by atoms with van der Waals surface area (Å²) in [5, 5.41) is 0. The molecule has 2 nitrogen and oxygen atoms in total. The molecule has 0 aliphatic carbocycles. The molecule has 0 aliphatic heterocycles. The molecule has 0 aliphatic rings. The van der Waals surface area contributed by atoms with E-state index >= 15 is 0 Å².